The van der Waals surface area contributed by atoms with E-state index in [1.807, 2.05) is 18.2 Å². The summed E-state index contributed by atoms with van der Waals surface area (Å²) in [5, 5.41) is 11.5. The fourth-order valence-corrected chi connectivity index (χ4v) is 3.62. The monoisotopic (exact) mass is 403 g/mol. The molecule has 6 heteroatoms. The van der Waals surface area contributed by atoms with Crippen LogP contribution in [0.3, 0.4) is 0 Å². The van der Waals surface area contributed by atoms with Gasteiger partial charge in [-0.15, -0.1) is 0 Å². The molecule has 0 aliphatic carbocycles. The van der Waals surface area contributed by atoms with Gasteiger partial charge in [0.1, 0.15) is 28.4 Å². The van der Waals surface area contributed by atoms with Crippen molar-refractivity contribution in [1.29, 1.82) is 0 Å². The van der Waals surface area contributed by atoms with Crippen LogP contribution in [0.15, 0.2) is 59.0 Å². The van der Waals surface area contributed by atoms with E-state index in [9.17, 15) is 14.7 Å². The van der Waals surface area contributed by atoms with Crippen LogP contribution < -0.4 is 10.5 Å². The molecule has 152 valence electrons. The summed E-state index contributed by atoms with van der Waals surface area (Å²) < 4.78 is 11.6. The van der Waals surface area contributed by atoms with Crippen LogP contribution in [-0.4, -0.2) is 17.0 Å². The van der Waals surface area contributed by atoms with Gasteiger partial charge >= 0.3 is 5.97 Å². The number of furan rings is 1. The first-order chi connectivity index (χ1) is 14.5. The van der Waals surface area contributed by atoms with Crippen molar-refractivity contribution in [3.05, 3.63) is 71.5 Å². The maximum atomic E-state index is 13.2. The number of ether oxygens (including phenoxy) is 1. The molecular weight excluding hydrogens is 382 g/mol. The van der Waals surface area contributed by atoms with Crippen LogP contribution in [0.4, 0.5) is 0 Å². The van der Waals surface area contributed by atoms with Crippen LogP contribution >= 0.6 is 0 Å². The zero-order chi connectivity index (χ0) is 21.3. The fourth-order valence-electron chi connectivity index (χ4n) is 3.62. The number of carbonyl (C=O) groups is 2. The molecule has 3 aromatic carbocycles. The molecule has 0 radical (unpaired) electrons. The number of amides is 1. The SMILES string of the molecule is CCCCc1oc2ccccc2c1C(=O)Oc1ccc2cc(O)ccc2c1C(N)=O. The van der Waals surface area contributed by atoms with E-state index >= 15 is 0 Å². The van der Waals surface area contributed by atoms with Crippen molar-refractivity contribution in [3.8, 4) is 11.5 Å². The summed E-state index contributed by atoms with van der Waals surface area (Å²) in [7, 11) is 0. The number of phenolic OH excluding ortho intramolecular Hbond substituents is 1. The van der Waals surface area contributed by atoms with Crippen LogP contribution in [-0.2, 0) is 6.42 Å². The first-order valence-electron chi connectivity index (χ1n) is 9.77. The zero-order valence-electron chi connectivity index (χ0n) is 16.5. The number of aromatic hydroxyl groups is 1. The predicted octanol–water partition coefficient (Wildman–Crippen LogP) is 4.95. The summed E-state index contributed by atoms with van der Waals surface area (Å²) in [6, 6.07) is 15.0. The predicted molar refractivity (Wildman–Crippen MR) is 114 cm³/mol. The second kappa shape index (κ2) is 7.91. The summed E-state index contributed by atoms with van der Waals surface area (Å²) in [5.74, 6) is -0.635. The van der Waals surface area contributed by atoms with E-state index in [2.05, 4.69) is 6.92 Å². The number of aryl methyl sites for hydroxylation is 1. The first-order valence-corrected chi connectivity index (χ1v) is 9.77. The molecular formula is C24H21NO5. The Morgan fingerprint density at radius 2 is 1.83 bits per heavy atom. The summed E-state index contributed by atoms with van der Waals surface area (Å²) >= 11 is 0. The number of nitrogens with two attached hydrogens (primary N) is 1. The lowest BCUT2D eigenvalue weighted by Gasteiger charge is -2.11. The molecule has 1 heterocycles. The average molecular weight is 403 g/mol. The molecule has 0 unspecified atom stereocenters. The Kier molecular flexibility index (Phi) is 5.14. The molecule has 3 N–H and O–H groups in total. The number of hydrogen-bond acceptors (Lipinski definition) is 5. The highest BCUT2D eigenvalue weighted by atomic mass is 16.5. The standard InChI is InChI=1S/C24H21NO5/c1-2-3-7-19-22(17-6-4-5-8-18(17)29-19)24(28)30-20-12-9-14-13-15(26)10-11-16(14)21(20)23(25)27/h4-6,8-13,26H,2-3,7H2,1H3,(H2,25,27). The Bertz CT molecular complexity index is 1270. The Hall–Kier alpha value is -3.80. The Balaban J connectivity index is 1.79. The average Bonchev–Trinajstić information content (AvgIpc) is 3.10. The number of fused-ring (bicyclic) bond motifs is 2. The van der Waals surface area contributed by atoms with Crippen molar-refractivity contribution in [3.63, 3.8) is 0 Å². The molecule has 0 aliphatic heterocycles. The second-order valence-corrected chi connectivity index (χ2v) is 7.10. The number of rotatable bonds is 6. The second-order valence-electron chi connectivity index (χ2n) is 7.10. The zero-order valence-corrected chi connectivity index (χ0v) is 16.5. The van der Waals surface area contributed by atoms with E-state index in [0.29, 0.717) is 39.5 Å². The first kappa shape index (κ1) is 19.5. The van der Waals surface area contributed by atoms with Crippen molar-refractivity contribution in [2.24, 2.45) is 5.73 Å². The van der Waals surface area contributed by atoms with E-state index < -0.39 is 11.9 Å². The molecule has 0 atom stereocenters. The summed E-state index contributed by atoms with van der Waals surface area (Å²) in [4.78, 5) is 25.3. The van der Waals surface area contributed by atoms with Gasteiger partial charge in [-0.05, 0) is 47.5 Å². The highest BCUT2D eigenvalue weighted by Gasteiger charge is 2.24. The molecule has 0 bridgehead atoms. The minimum Gasteiger partial charge on any atom is -0.508 e. The van der Waals surface area contributed by atoms with Gasteiger partial charge in [-0.2, -0.15) is 0 Å². The van der Waals surface area contributed by atoms with Gasteiger partial charge in [0.2, 0.25) is 0 Å². The largest absolute Gasteiger partial charge is 0.508 e. The third-order valence-electron chi connectivity index (χ3n) is 5.04. The van der Waals surface area contributed by atoms with Crippen molar-refractivity contribution < 1.29 is 23.8 Å². The van der Waals surface area contributed by atoms with Crippen LogP contribution in [0.2, 0.25) is 0 Å². The molecule has 0 aliphatic rings. The molecule has 1 aromatic heterocycles. The number of unbranched alkanes of at least 4 members (excludes halogenated alkanes) is 1. The van der Waals surface area contributed by atoms with Gasteiger partial charge < -0.3 is 20.0 Å². The summed E-state index contributed by atoms with van der Waals surface area (Å²) in [6.07, 6.45) is 2.43. The van der Waals surface area contributed by atoms with Gasteiger partial charge in [-0.25, -0.2) is 4.79 Å². The molecule has 0 saturated carbocycles. The van der Waals surface area contributed by atoms with Gasteiger partial charge in [-0.3, -0.25) is 4.79 Å². The quantitative estimate of drug-likeness (QED) is 0.350. The maximum Gasteiger partial charge on any atom is 0.347 e. The van der Waals surface area contributed by atoms with Crippen LogP contribution in [0.1, 0.15) is 46.2 Å². The van der Waals surface area contributed by atoms with Crippen LogP contribution in [0.5, 0.6) is 11.5 Å². The Morgan fingerprint density at radius 3 is 2.60 bits per heavy atom. The van der Waals surface area contributed by atoms with Gasteiger partial charge in [0.15, 0.2) is 0 Å². The molecule has 0 saturated heterocycles. The minimum absolute atomic E-state index is 0.0631. The topological polar surface area (TPSA) is 103 Å². The third kappa shape index (κ3) is 3.48. The van der Waals surface area contributed by atoms with Crippen LogP contribution in [0, 0.1) is 0 Å². The van der Waals surface area contributed by atoms with E-state index in [-0.39, 0.29) is 17.1 Å². The molecule has 4 rings (SSSR count). The van der Waals surface area contributed by atoms with Crippen molar-refractivity contribution in [2.75, 3.05) is 0 Å². The van der Waals surface area contributed by atoms with Gasteiger partial charge in [0.25, 0.3) is 5.91 Å². The van der Waals surface area contributed by atoms with Gasteiger partial charge in [0, 0.05) is 11.8 Å². The summed E-state index contributed by atoms with van der Waals surface area (Å²) in [5.41, 5.74) is 6.65. The number of phenols is 1. The highest BCUT2D eigenvalue weighted by Crippen LogP contribution is 2.33. The number of para-hydroxylation sites is 1. The normalized spacial score (nSPS) is 11.1. The molecule has 0 fully saturated rings. The lowest BCUT2D eigenvalue weighted by Crippen LogP contribution is -2.17. The van der Waals surface area contributed by atoms with E-state index in [4.69, 9.17) is 14.9 Å². The lowest BCUT2D eigenvalue weighted by molar-refractivity contribution is 0.0732. The van der Waals surface area contributed by atoms with E-state index in [0.717, 1.165) is 12.8 Å². The lowest BCUT2D eigenvalue weighted by atomic mass is 10.0. The molecule has 0 spiro atoms. The number of primary amides is 1. The van der Waals surface area contributed by atoms with Crippen molar-refractivity contribution in [1.82, 2.24) is 0 Å². The van der Waals surface area contributed by atoms with Crippen LogP contribution in [0.25, 0.3) is 21.7 Å². The van der Waals surface area contributed by atoms with Crippen molar-refractivity contribution >= 4 is 33.6 Å². The van der Waals surface area contributed by atoms with Gasteiger partial charge in [0.05, 0.1) is 5.56 Å². The molecule has 1 amide bonds. The number of esters is 1. The fraction of sp³-hybridized carbons (Fsp3) is 0.167. The van der Waals surface area contributed by atoms with E-state index in [1.165, 1.54) is 18.2 Å². The number of hydrogen-bond donors (Lipinski definition) is 2. The number of carbonyl (C=O) groups excluding carboxylic acids is 2. The molecule has 6 nitrogen and oxygen atoms in total. The number of benzene rings is 3. The third-order valence-corrected chi connectivity index (χ3v) is 5.04. The Morgan fingerprint density at radius 1 is 1.03 bits per heavy atom. The van der Waals surface area contributed by atoms with E-state index in [1.54, 1.807) is 18.2 Å². The highest BCUT2D eigenvalue weighted by molar-refractivity contribution is 6.11. The molecule has 4 aromatic rings. The smallest absolute Gasteiger partial charge is 0.347 e. The maximum absolute atomic E-state index is 13.2. The molecule has 30 heavy (non-hydrogen) atoms. The van der Waals surface area contributed by atoms with Crippen molar-refractivity contribution in [2.45, 2.75) is 26.2 Å². The Labute approximate surface area is 172 Å². The minimum atomic E-state index is -0.725. The summed E-state index contributed by atoms with van der Waals surface area (Å²) in [6.45, 7) is 2.06. The van der Waals surface area contributed by atoms with Gasteiger partial charge in [-0.1, -0.05) is 37.6 Å².